The van der Waals surface area contributed by atoms with Gasteiger partial charge in [-0.15, -0.1) is 0 Å². The van der Waals surface area contributed by atoms with Crippen LogP contribution in [0, 0.1) is 5.82 Å². The van der Waals surface area contributed by atoms with Gasteiger partial charge in [0, 0.05) is 11.5 Å². The van der Waals surface area contributed by atoms with Gasteiger partial charge in [0.1, 0.15) is 5.82 Å². The van der Waals surface area contributed by atoms with Gasteiger partial charge < -0.3 is 5.11 Å². The zero-order valence-corrected chi connectivity index (χ0v) is 12.6. The Morgan fingerprint density at radius 1 is 1.23 bits per heavy atom. The van der Waals surface area contributed by atoms with Crippen LogP contribution >= 0.6 is 23.2 Å². The van der Waals surface area contributed by atoms with Crippen molar-refractivity contribution in [2.75, 3.05) is 0 Å². The molecule has 0 bridgehead atoms. The van der Waals surface area contributed by atoms with Gasteiger partial charge in [-0.2, -0.15) is 0 Å². The molecule has 0 spiro atoms. The van der Waals surface area contributed by atoms with Crippen LogP contribution in [0.1, 0.15) is 39.4 Å². The van der Waals surface area contributed by atoms with Crippen molar-refractivity contribution in [2.45, 2.75) is 12.3 Å². The van der Waals surface area contributed by atoms with Crippen LogP contribution in [-0.2, 0) is 4.79 Å². The molecule has 1 atom stereocenters. The molecule has 112 valence electrons. The van der Waals surface area contributed by atoms with E-state index in [9.17, 15) is 14.0 Å². The molecule has 0 fully saturated rings. The normalized spacial score (nSPS) is 16.1. The van der Waals surface area contributed by atoms with Crippen molar-refractivity contribution in [2.24, 2.45) is 0 Å². The first kappa shape index (κ1) is 15.0. The number of benzene rings is 2. The highest BCUT2D eigenvalue weighted by Gasteiger charge is 2.36. The highest BCUT2D eigenvalue weighted by Crippen LogP contribution is 2.44. The van der Waals surface area contributed by atoms with Gasteiger partial charge >= 0.3 is 5.97 Å². The molecule has 6 heteroatoms. The van der Waals surface area contributed by atoms with E-state index in [-0.39, 0.29) is 27.6 Å². The van der Waals surface area contributed by atoms with Crippen molar-refractivity contribution >= 4 is 35.0 Å². The fraction of sp³-hybridized carbons (Fsp3) is 0.125. The Bertz CT molecular complexity index is 817. The average molecular weight is 339 g/mol. The molecular formula is C16H9Cl2FO3. The predicted molar refractivity (Wildman–Crippen MR) is 80.4 cm³/mol. The van der Waals surface area contributed by atoms with E-state index < -0.39 is 23.5 Å². The number of halogens is 3. The van der Waals surface area contributed by atoms with Crippen LogP contribution in [0.4, 0.5) is 4.39 Å². The van der Waals surface area contributed by atoms with Crippen molar-refractivity contribution in [3.8, 4) is 0 Å². The molecule has 1 N–H and O–H groups in total. The molecule has 0 saturated heterocycles. The summed E-state index contributed by atoms with van der Waals surface area (Å²) in [6, 6.07) is 7.07. The SMILES string of the molecule is O=C(O)CC1c2cccc(F)c2C(=O)c2ccc(Cl)c(Cl)c21. The summed E-state index contributed by atoms with van der Waals surface area (Å²) >= 11 is 12.2. The number of ketones is 1. The van der Waals surface area contributed by atoms with Crippen molar-refractivity contribution in [1.82, 2.24) is 0 Å². The highest BCUT2D eigenvalue weighted by molar-refractivity contribution is 6.43. The Kier molecular flexibility index (Phi) is 3.67. The lowest BCUT2D eigenvalue weighted by atomic mass is 9.75. The predicted octanol–water partition coefficient (Wildman–Crippen LogP) is 4.28. The largest absolute Gasteiger partial charge is 0.481 e. The molecule has 1 aliphatic carbocycles. The van der Waals surface area contributed by atoms with E-state index in [1.54, 1.807) is 6.07 Å². The number of fused-ring (bicyclic) bond motifs is 2. The molecule has 3 rings (SSSR count). The molecule has 2 aromatic rings. The van der Waals surface area contributed by atoms with Gasteiger partial charge in [-0.25, -0.2) is 4.39 Å². The highest BCUT2D eigenvalue weighted by atomic mass is 35.5. The smallest absolute Gasteiger partial charge is 0.304 e. The van der Waals surface area contributed by atoms with Crippen molar-refractivity contribution in [3.05, 3.63) is 68.4 Å². The number of hydrogen-bond acceptors (Lipinski definition) is 2. The van der Waals surface area contributed by atoms with Crippen LogP contribution in [0.15, 0.2) is 30.3 Å². The number of carbonyl (C=O) groups excluding carboxylic acids is 1. The third kappa shape index (κ3) is 2.19. The first-order valence-electron chi connectivity index (χ1n) is 6.44. The maximum atomic E-state index is 14.1. The van der Waals surface area contributed by atoms with Gasteiger partial charge in [0.2, 0.25) is 0 Å². The molecule has 1 unspecified atom stereocenters. The lowest BCUT2D eigenvalue weighted by Crippen LogP contribution is -2.23. The lowest BCUT2D eigenvalue weighted by molar-refractivity contribution is -0.137. The van der Waals surface area contributed by atoms with Gasteiger partial charge in [0.15, 0.2) is 5.78 Å². The monoisotopic (exact) mass is 338 g/mol. The molecule has 1 aliphatic rings. The summed E-state index contributed by atoms with van der Waals surface area (Å²) < 4.78 is 14.1. The van der Waals surface area contributed by atoms with E-state index in [1.807, 2.05) is 0 Å². The number of carbonyl (C=O) groups is 2. The molecule has 3 nitrogen and oxygen atoms in total. The van der Waals surface area contributed by atoms with Crippen molar-refractivity contribution in [1.29, 1.82) is 0 Å². The van der Waals surface area contributed by atoms with Crippen LogP contribution < -0.4 is 0 Å². The number of hydrogen-bond donors (Lipinski definition) is 1. The Labute approximate surface area is 135 Å². The summed E-state index contributed by atoms with van der Waals surface area (Å²) in [7, 11) is 0. The summed E-state index contributed by atoms with van der Waals surface area (Å²) in [4.78, 5) is 23.7. The molecule has 0 aromatic heterocycles. The second-order valence-electron chi connectivity index (χ2n) is 5.01. The lowest BCUT2D eigenvalue weighted by Gasteiger charge is -2.28. The van der Waals surface area contributed by atoms with E-state index in [0.717, 1.165) is 0 Å². The molecule has 0 heterocycles. The standard InChI is InChI=1S/C16H9Cl2FO3/c17-10-5-4-8-13(15(10)18)9(6-12(20)21)7-2-1-3-11(19)14(7)16(8)22/h1-5,9H,6H2,(H,20,21). The summed E-state index contributed by atoms with van der Waals surface area (Å²) in [6.45, 7) is 0. The maximum absolute atomic E-state index is 14.1. The van der Waals surface area contributed by atoms with E-state index in [2.05, 4.69) is 0 Å². The maximum Gasteiger partial charge on any atom is 0.304 e. The van der Waals surface area contributed by atoms with Gasteiger partial charge in [-0.1, -0.05) is 35.3 Å². The zero-order chi connectivity index (χ0) is 16.0. The van der Waals surface area contributed by atoms with Gasteiger partial charge in [0.05, 0.1) is 22.0 Å². The van der Waals surface area contributed by atoms with Crippen molar-refractivity contribution < 1.29 is 19.1 Å². The molecule has 2 aromatic carbocycles. The second-order valence-corrected chi connectivity index (χ2v) is 5.79. The van der Waals surface area contributed by atoms with Gasteiger partial charge in [0.25, 0.3) is 0 Å². The van der Waals surface area contributed by atoms with Gasteiger partial charge in [-0.05, 0) is 29.3 Å². The van der Waals surface area contributed by atoms with Crippen LogP contribution in [0.3, 0.4) is 0 Å². The molecule has 0 radical (unpaired) electrons. The number of aliphatic carboxylic acids is 1. The van der Waals surface area contributed by atoms with Crippen LogP contribution in [0.2, 0.25) is 10.0 Å². The molecule has 0 aliphatic heterocycles. The zero-order valence-electron chi connectivity index (χ0n) is 11.1. The Balaban J connectivity index is 2.34. The Morgan fingerprint density at radius 3 is 2.64 bits per heavy atom. The molecule has 22 heavy (non-hydrogen) atoms. The second kappa shape index (κ2) is 5.38. The minimum atomic E-state index is -1.07. The minimum absolute atomic E-state index is 0.0976. The number of carboxylic acid groups (broad SMARTS) is 1. The molecule has 0 amide bonds. The van der Waals surface area contributed by atoms with Crippen molar-refractivity contribution in [3.63, 3.8) is 0 Å². The Morgan fingerprint density at radius 2 is 1.95 bits per heavy atom. The summed E-state index contributed by atoms with van der Waals surface area (Å²) in [5.74, 6) is -2.98. The first-order valence-corrected chi connectivity index (χ1v) is 7.20. The first-order chi connectivity index (χ1) is 10.4. The minimum Gasteiger partial charge on any atom is -0.481 e. The van der Waals surface area contributed by atoms with Gasteiger partial charge in [-0.3, -0.25) is 9.59 Å². The number of carboxylic acids is 1. The Hall–Kier alpha value is -1.91. The summed E-state index contributed by atoms with van der Waals surface area (Å²) in [5.41, 5.74) is 0.765. The third-order valence-corrected chi connectivity index (χ3v) is 4.57. The fourth-order valence-electron chi connectivity index (χ4n) is 2.85. The fourth-order valence-corrected chi connectivity index (χ4v) is 3.31. The number of rotatable bonds is 2. The topological polar surface area (TPSA) is 54.4 Å². The summed E-state index contributed by atoms with van der Waals surface area (Å²) in [6.07, 6.45) is -0.309. The summed E-state index contributed by atoms with van der Waals surface area (Å²) in [5, 5.41) is 9.52. The van der Waals surface area contributed by atoms with E-state index >= 15 is 0 Å². The van der Waals surface area contributed by atoms with E-state index in [4.69, 9.17) is 28.3 Å². The van der Waals surface area contributed by atoms with E-state index in [0.29, 0.717) is 11.1 Å². The van der Waals surface area contributed by atoms with E-state index in [1.165, 1.54) is 24.3 Å². The molecule has 0 saturated carbocycles. The quantitative estimate of drug-likeness (QED) is 0.888. The van der Waals surface area contributed by atoms with Crippen LogP contribution in [-0.4, -0.2) is 16.9 Å². The van der Waals surface area contributed by atoms with Crippen LogP contribution in [0.25, 0.3) is 0 Å². The average Bonchev–Trinajstić information content (AvgIpc) is 2.46. The third-order valence-electron chi connectivity index (χ3n) is 3.75. The molecular weight excluding hydrogens is 330 g/mol. The van der Waals surface area contributed by atoms with Crippen LogP contribution in [0.5, 0.6) is 0 Å².